The predicted octanol–water partition coefficient (Wildman–Crippen LogP) is 8.31. The number of rotatable bonds is 2. The molecule has 5 rings (SSSR count). The summed E-state index contributed by atoms with van der Waals surface area (Å²) < 4.78 is 42.7. The molecule has 0 unspecified atom stereocenters. The fraction of sp³-hybridized carbons (Fsp3) is 0.0400. The van der Waals surface area contributed by atoms with Crippen LogP contribution in [-0.4, -0.2) is 0 Å². The van der Waals surface area contributed by atoms with Crippen LogP contribution in [0.2, 0.25) is 0 Å². The lowest BCUT2D eigenvalue weighted by Crippen LogP contribution is -2.20. The summed E-state index contributed by atoms with van der Waals surface area (Å²) in [6.07, 6.45) is -4.49. The predicted molar refractivity (Wildman–Crippen MR) is 116 cm³/mol. The Hall–Kier alpha value is -3.18. The molecule has 0 bridgehead atoms. The van der Waals surface area contributed by atoms with Gasteiger partial charge in [-0.1, -0.05) is 78.5 Å². The van der Waals surface area contributed by atoms with Crippen molar-refractivity contribution in [1.29, 1.82) is 0 Å². The molecule has 4 aromatic rings. The van der Waals surface area contributed by atoms with Crippen LogP contribution >= 0.6 is 11.8 Å². The van der Waals surface area contributed by atoms with Gasteiger partial charge in [-0.3, -0.25) is 0 Å². The lowest BCUT2D eigenvalue weighted by atomic mass is 9.97. The molecule has 0 saturated heterocycles. The first kappa shape index (κ1) is 18.8. The summed E-state index contributed by atoms with van der Waals surface area (Å²) in [5.74, 6) is 0. The highest BCUT2D eigenvalue weighted by Crippen LogP contribution is 2.55. The number of fused-ring (bicyclic) bond motifs is 2. The van der Waals surface area contributed by atoms with Crippen LogP contribution in [0, 0.1) is 0 Å². The fourth-order valence-corrected chi connectivity index (χ4v) is 4.87. The lowest BCUT2D eigenvalue weighted by molar-refractivity contribution is -0.137. The van der Waals surface area contributed by atoms with Crippen LogP contribution < -0.4 is 4.90 Å². The highest BCUT2D eigenvalue weighted by Gasteiger charge is 2.38. The number of halogens is 3. The number of hydrogen-bond acceptors (Lipinski definition) is 2. The molecule has 5 heteroatoms. The molecule has 1 nitrogen and oxygen atoms in total. The average Bonchev–Trinajstić information content (AvgIpc) is 2.77. The lowest BCUT2D eigenvalue weighted by Gasteiger charge is -2.35. The van der Waals surface area contributed by atoms with Crippen molar-refractivity contribution in [2.75, 3.05) is 4.90 Å². The monoisotopic (exact) mass is 419 g/mol. The van der Waals surface area contributed by atoms with Gasteiger partial charge in [-0.15, -0.1) is 0 Å². The van der Waals surface area contributed by atoms with E-state index in [1.165, 1.54) is 6.07 Å². The third-order valence-electron chi connectivity index (χ3n) is 5.08. The molecular formula is C25H16F3NS. The normalized spacial score (nSPS) is 13.0. The first-order valence-corrected chi connectivity index (χ1v) is 10.3. The van der Waals surface area contributed by atoms with E-state index in [0.29, 0.717) is 5.56 Å². The minimum atomic E-state index is -4.49. The molecular weight excluding hydrogens is 403 g/mol. The first-order chi connectivity index (χ1) is 14.5. The second kappa shape index (κ2) is 7.26. The summed E-state index contributed by atoms with van der Waals surface area (Å²) in [6, 6.07) is 28.8. The van der Waals surface area contributed by atoms with Crippen molar-refractivity contribution in [2.45, 2.75) is 16.0 Å². The molecule has 0 radical (unpaired) electrons. The molecule has 0 fully saturated rings. The van der Waals surface area contributed by atoms with E-state index < -0.39 is 11.7 Å². The maximum absolute atomic E-state index is 14.2. The van der Waals surface area contributed by atoms with Crippen LogP contribution in [-0.2, 0) is 6.18 Å². The maximum Gasteiger partial charge on any atom is 0.418 e. The van der Waals surface area contributed by atoms with Gasteiger partial charge in [0.05, 0.1) is 22.6 Å². The summed E-state index contributed by atoms with van der Waals surface area (Å²) in [5, 5.41) is 0. The second-order valence-corrected chi connectivity index (χ2v) is 8.02. The minimum Gasteiger partial charge on any atom is -0.307 e. The molecule has 30 heavy (non-hydrogen) atoms. The van der Waals surface area contributed by atoms with Crippen LogP contribution in [0.5, 0.6) is 0 Å². The van der Waals surface area contributed by atoms with Gasteiger partial charge in [-0.25, -0.2) is 0 Å². The molecule has 1 aliphatic heterocycles. The number of anilines is 3. The van der Waals surface area contributed by atoms with E-state index in [1.807, 2.05) is 78.9 Å². The Morgan fingerprint density at radius 3 is 1.77 bits per heavy atom. The molecule has 1 aliphatic rings. The Morgan fingerprint density at radius 2 is 1.17 bits per heavy atom. The number of alkyl halides is 3. The van der Waals surface area contributed by atoms with Gasteiger partial charge in [-0.2, -0.15) is 13.2 Å². The van der Waals surface area contributed by atoms with E-state index in [0.717, 1.165) is 32.8 Å². The van der Waals surface area contributed by atoms with Crippen LogP contribution in [0.15, 0.2) is 107 Å². The van der Waals surface area contributed by atoms with Gasteiger partial charge in [0.1, 0.15) is 0 Å². The maximum atomic E-state index is 14.2. The Kier molecular flexibility index (Phi) is 4.55. The highest BCUT2D eigenvalue weighted by atomic mass is 32.2. The molecule has 0 N–H and O–H groups in total. The van der Waals surface area contributed by atoms with Gasteiger partial charge in [0, 0.05) is 15.4 Å². The van der Waals surface area contributed by atoms with Crippen molar-refractivity contribution >= 4 is 28.8 Å². The summed E-state index contributed by atoms with van der Waals surface area (Å²) in [5.41, 5.74) is 2.27. The largest absolute Gasteiger partial charge is 0.418 e. The van der Waals surface area contributed by atoms with Crippen molar-refractivity contribution in [3.8, 4) is 11.1 Å². The minimum absolute atomic E-state index is 0.149. The molecule has 4 aromatic carbocycles. The van der Waals surface area contributed by atoms with Gasteiger partial charge >= 0.3 is 6.18 Å². The van der Waals surface area contributed by atoms with Crippen molar-refractivity contribution in [2.24, 2.45) is 0 Å². The molecule has 0 saturated carbocycles. The quantitative estimate of drug-likeness (QED) is 0.283. The fourth-order valence-electron chi connectivity index (χ4n) is 3.81. The van der Waals surface area contributed by atoms with Crippen molar-refractivity contribution in [3.05, 3.63) is 103 Å². The van der Waals surface area contributed by atoms with E-state index in [9.17, 15) is 13.2 Å². The highest BCUT2D eigenvalue weighted by molar-refractivity contribution is 7.99. The zero-order valence-electron chi connectivity index (χ0n) is 15.7. The van der Waals surface area contributed by atoms with Crippen LogP contribution in [0.3, 0.4) is 0 Å². The topological polar surface area (TPSA) is 3.24 Å². The standard InChI is InChI=1S/C25H16F3NS/c26-25(27,28)19-12-8-11-18(17-9-2-1-3-10-17)24(19)29-20-13-4-6-15-22(20)30-23-16-7-5-14-21(23)29/h1-16H. The van der Waals surface area contributed by atoms with E-state index in [2.05, 4.69) is 0 Å². The van der Waals surface area contributed by atoms with Gasteiger partial charge in [0.25, 0.3) is 0 Å². The third kappa shape index (κ3) is 3.15. The second-order valence-electron chi connectivity index (χ2n) is 6.94. The Morgan fingerprint density at radius 1 is 0.600 bits per heavy atom. The number of hydrogen-bond donors (Lipinski definition) is 0. The van der Waals surface area contributed by atoms with Gasteiger partial charge < -0.3 is 4.90 Å². The van der Waals surface area contributed by atoms with Gasteiger partial charge in [-0.05, 0) is 35.9 Å². The van der Waals surface area contributed by atoms with E-state index in [1.54, 1.807) is 22.7 Å². The summed E-state index contributed by atoms with van der Waals surface area (Å²) in [4.78, 5) is 3.60. The molecule has 0 aliphatic carbocycles. The molecule has 1 heterocycles. The number of para-hydroxylation sites is 3. The zero-order chi connectivity index (χ0) is 20.7. The molecule has 0 aromatic heterocycles. The van der Waals surface area contributed by atoms with E-state index >= 15 is 0 Å². The van der Waals surface area contributed by atoms with E-state index in [-0.39, 0.29) is 5.69 Å². The van der Waals surface area contributed by atoms with Gasteiger partial charge in [0.15, 0.2) is 0 Å². The Bertz CT molecular complexity index is 1170. The Labute approximate surface area is 176 Å². The van der Waals surface area contributed by atoms with Crippen LogP contribution in [0.1, 0.15) is 5.56 Å². The Balaban J connectivity index is 1.87. The number of nitrogens with zero attached hydrogens (tertiary/aromatic N) is 1. The molecule has 0 atom stereocenters. The molecule has 148 valence electrons. The van der Waals surface area contributed by atoms with Crippen LogP contribution in [0.4, 0.5) is 30.2 Å². The van der Waals surface area contributed by atoms with Crippen molar-refractivity contribution < 1.29 is 13.2 Å². The SMILES string of the molecule is FC(F)(F)c1cccc(-c2ccccc2)c1N1c2ccccc2Sc2ccccc21. The summed E-state index contributed by atoms with van der Waals surface area (Å²) in [6.45, 7) is 0. The smallest absolute Gasteiger partial charge is 0.307 e. The number of benzene rings is 4. The first-order valence-electron chi connectivity index (χ1n) is 9.46. The average molecular weight is 419 g/mol. The molecule has 0 spiro atoms. The van der Waals surface area contributed by atoms with Crippen molar-refractivity contribution in [3.63, 3.8) is 0 Å². The van der Waals surface area contributed by atoms with E-state index in [4.69, 9.17) is 0 Å². The van der Waals surface area contributed by atoms with Gasteiger partial charge in [0.2, 0.25) is 0 Å². The van der Waals surface area contributed by atoms with Crippen LogP contribution in [0.25, 0.3) is 11.1 Å². The third-order valence-corrected chi connectivity index (χ3v) is 6.21. The zero-order valence-corrected chi connectivity index (χ0v) is 16.5. The van der Waals surface area contributed by atoms with Crippen molar-refractivity contribution in [1.82, 2.24) is 0 Å². The summed E-state index contributed by atoms with van der Waals surface area (Å²) in [7, 11) is 0. The molecule has 0 amide bonds. The summed E-state index contributed by atoms with van der Waals surface area (Å²) >= 11 is 1.57.